The maximum Gasteiger partial charge on any atom is 0.139 e. The van der Waals surface area contributed by atoms with E-state index in [1.54, 1.807) is 6.07 Å². The molecule has 3 N–H and O–H groups in total. The zero-order chi connectivity index (χ0) is 12.4. The number of benzene rings is 2. The van der Waals surface area contributed by atoms with Crippen LogP contribution in [-0.4, -0.2) is 0 Å². The molecule has 0 aliphatic carbocycles. The van der Waals surface area contributed by atoms with E-state index in [0.717, 1.165) is 11.3 Å². The summed E-state index contributed by atoms with van der Waals surface area (Å²) in [6.45, 7) is 2.00. The molecule has 0 aliphatic rings. The number of anilines is 3. The minimum absolute atomic E-state index is 0.363. The molecule has 2 aromatic carbocycles. The number of nitrogen functional groups attached to an aromatic ring is 1. The zero-order valence-corrected chi connectivity index (χ0v) is 10.9. The van der Waals surface area contributed by atoms with Gasteiger partial charge in [0.15, 0.2) is 0 Å². The molecule has 0 radical (unpaired) electrons. The first-order chi connectivity index (χ1) is 8.08. The molecule has 0 amide bonds. The SMILES string of the molecule is Cc1ccccc1Nc1cc(Br)c(F)cc1N. The number of nitrogens with one attached hydrogen (secondary N) is 1. The summed E-state index contributed by atoms with van der Waals surface area (Å²) in [6.07, 6.45) is 0. The maximum atomic E-state index is 13.2. The van der Waals surface area contributed by atoms with E-state index in [1.807, 2.05) is 31.2 Å². The molecule has 0 atom stereocenters. The number of aryl methyl sites for hydroxylation is 1. The lowest BCUT2D eigenvalue weighted by Crippen LogP contribution is -1.98. The van der Waals surface area contributed by atoms with E-state index in [0.29, 0.717) is 15.8 Å². The minimum atomic E-state index is -0.363. The Kier molecular flexibility index (Phi) is 3.33. The van der Waals surface area contributed by atoms with Crippen molar-refractivity contribution in [3.05, 3.63) is 52.3 Å². The summed E-state index contributed by atoms with van der Waals surface area (Å²) < 4.78 is 13.6. The van der Waals surface area contributed by atoms with Crippen LogP contribution in [0.1, 0.15) is 5.56 Å². The van der Waals surface area contributed by atoms with Crippen molar-refractivity contribution in [3.63, 3.8) is 0 Å². The van der Waals surface area contributed by atoms with E-state index in [1.165, 1.54) is 6.07 Å². The second-order valence-corrected chi connectivity index (χ2v) is 4.65. The molecular formula is C13H12BrFN2. The first kappa shape index (κ1) is 11.9. The van der Waals surface area contributed by atoms with Crippen molar-refractivity contribution in [1.29, 1.82) is 0 Å². The van der Waals surface area contributed by atoms with Crippen molar-refractivity contribution in [3.8, 4) is 0 Å². The Morgan fingerprint density at radius 1 is 1.18 bits per heavy atom. The molecule has 0 aromatic heterocycles. The lowest BCUT2D eigenvalue weighted by molar-refractivity contribution is 0.622. The molecule has 0 saturated heterocycles. The van der Waals surface area contributed by atoms with Gasteiger partial charge in [0, 0.05) is 11.8 Å². The standard InChI is InChI=1S/C13H12BrFN2/c1-8-4-2-3-5-12(8)17-13-6-9(14)10(15)7-11(13)16/h2-7,17H,16H2,1H3. The topological polar surface area (TPSA) is 38.0 Å². The van der Waals surface area contributed by atoms with Crippen molar-refractivity contribution >= 4 is 33.0 Å². The zero-order valence-electron chi connectivity index (χ0n) is 9.30. The Hall–Kier alpha value is -1.55. The molecule has 0 spiro atoms. The van der Waals surface area contributed by atoms with Gasteiger partial charge in [-0.25, -0.2) is 4.39 Å². The van der Waals surface area contributed by atoms with Gasteiger partial charge in [0.05, 0.1) is 15.8 Å². The predicted molar refractivity (Wildman–Crippen MR) is 73.0 cm³/mol. The van der Waals surface area contributed by atoms with Crippen molar-refractivity contribution in [2.45, 2.75) is 6.92 Å². The molecule has 88 valence electrons. The van der Waals surface area contributed by atoms with Crippen LogP contribution in [0.25, 0.3) is 0 Å². The fraction of sp³-hybridized carbons (Fsp3) is 0.0769. The summed E-state index contributed by atoms with van der Waals surface area (Å²) >= 11 is 3.14. The van der Waals surface area contributed by atoms with Crippen LogP contribution in [-0.2, 0) is 0 Å². The third-order valence-corrected chi connectivity index (χ3v) is 3.11. The molecule has 2 rings (SSSR count). The van der Waals surface area contributed by atoms with E-state index >= 15 is 0 Å². The van der Waals surface area contributed by atoms with Crippen LogP contribution in [0, 0.1) is 12.7 Å². The Balaban J connectivity index is 2.37. The van der Waals surface area contributed by atoms with Gasteiger partial charge in [0.25, 0.3) is 0 Å². The highest BCUT2D eigenvalue weighted by Crippen LogP contribution is 2.30. The van der Waals surface area contributed by atoms with Crippen LogP contribution in [0.4, 0.5) is 21.5 Å². The molecule has 2 nitrogen and oxygen atoms in total. The quantitative estimate of drug-likeness (QED) is 0.814. The van der Waals surface area contributed by atoms with Crippen LogP contribution in [0.2, 0.25) is 0 Å². The van der Waals surface area contributed by atoms with Gasteiger partial charge in [-0.15, -0.1) is 0 Å². The van der Waals surface area contributed by atoms with E-state index < -0.39 is 0 Å². The monoisotopic (exact) mass is 294 g/mol. The number of para-hydroxylation sites is 1. The molecule has 0 unspecified atom stereocenters. The molecule has 0 saturated carbocycles. The van der Waals surface area contributed by atoms with Crippen LogP contribution in [0.15, 0.2) is 40.9 Å². The van der Waals surface area contributed by atoms with Crippen molar-refractivity contribution in [2.75, 3.05) is 11.1 Å². The Morgan fingerprint density at radius 3 is 2.59 bits per heavy atom. The molecule has 4 heteroatoms. The molecule has 0 fully saturated rings. The molecule has 0 aliphatic heterocycles. The van der Waals surface area contributed by atoms with E-state index in [-0.39, 0.29) is 5.82 Å². The summed E-state index contributed by atoms with van der Waals surface area (Å²) in [6, 6.07) is 10.8. The number of nitrogens with two attached hydrogens (primary N) is 1. The third-order valence-electron chi connectivity index (χ3n) is 2.51. The second kappa shape index (κ2) is 4.75. The van der Waals surface area contributed by atoms with Crippen LogP contribution in [0.5, 0.6) is 0 Å². The van der Waals surface area contributed by atoms with Gasteiger partial charge >= 0.3 is 0 Å². The summed E-state index contributed by atoms with van der Waals surface area (Å²) in [7, 11) is 0. The summed E-state index contributed by atoms with van der Waals surface area (Å²) in [5.41, 5.74) is 8.90. The van der Waals surface area contributed by atoms with Gasteiger partial charge in [0.2, 0.25) is 0 Å². The van der Waals surface area contributed by atoms with Gasteiger partial charge < -0.3 is 11.1 Å². The lowest BCUT2D eigenvalue weighted by Gasteiger charge is -2.12. The number of hydrogen-bond donors (Lipinski definition) is 2. The van der Waals surface area contributed by atoms with Gasteiger partial charge in [0.1, 0.15) is 5.82 Å². The van der Waals surface area contributed by atoms with Crippen molar-refractivity contribution in [1.82, 2.24) is 0 Å². The van der Waals surface area contributed by atoms with E-state index in [4.69, 9.17) is 5.73 Å². The molecular weight excluding hydrogens is 283 g/mol. The Bertz CT molecular complexity index is 555. The maximum absolute atomic E-state index is 13.2. The Labute approximate surface area is 108 Å². The lowest BCUT2D eigenvalue weighted by atomic mass is 10.2. The predicted octanol–water partition coefficient (Wildman–Crippen LogP) is 4.22. The van der Waals surface area contributed by atoms with Gasteiger partial charge in [-0.3, -0.25) is 0 Å². The molecule has 0 heterocycles. The highest BCUT2D eigenvalue weighted by molar-refractivity contribution is 9.10. The molecule has 2 aromatic rings. The van der Waals surface area contributed by atoms with Crippen LogP contribution >= 0.6 is 15.9 Å². The summed E-state index contributed by atoms with van der Waals surface area (Å²) in [5, 5.41) is 3.19. The third kappa shape index (κ3) is 2.58. The number of halogens is 2. The molecule has 0 bridgehead atoms. The van der Waals surface area contributed by atoms with E-state index in [2.05, 4.69) is 21.2 Å². The van der Waals surface area contributed by atoms with Crippen LogP contribution < -0.4 is 11.1 Å². The second-order valence-electron chi connectivity index (χ2n) is 3.79. The summed E-state index contributed by atoms with van der Waals surface area (Å²) in [5.74, 6) is -0.363. The highest BCUT2D eigenvalue weighted by atomic mass is 79.9. The molecule has 17 heavy (non-hydrogen) atoms. The Morgan fingerprint density at radius 2 is 1.88 bits per heavy atom. The number of rotatable bonds is 2. The van der Waals surface area contributed by atoms with Crippen molar-refractivity contribution in [2.24, 2.45) is 0 Å². The highest BCUT2D eigenvalue weighted by Gasteiger charge is 2.06. The first-order valence-electron chi connectivity index (χ1n) is 5.15. The summed E-state index contributed by atoms with van der Waals surface area (Å²) in [4.78, 5) is 0. The fourth-order valence-electron chi connectivity index (χ4n) is 1.53. The van der Waals surface area contributed by atoms with Gasteiger partial charge in [-0.1, -0.05) is 18.2 Å². The van der Waals surface area contributed by atoms with Gasteiger partial charge in [-0.05, 0) is 40.5 Å². The largest absolute Gasteiger partial charge is 0.397 e. The minimum Gasteiger partial charge on any atom is -0.397 e. The van der Waals surface area contributed by atoms with E-state index in [9.17, 15) is 4.39 Å². The first-order valence-corrected chi connectivity index (χ1v) is 5.94. The number of hydrogen-bond acceptors (Lipinski definition) is 2. The fourth-order valence-corrected chi connectivity index (χ4v) is 1.87. The average Bonchev–Trinajstić information content (AvgIpc) is 2.29. The van der Waals surface area contributed by atoms with Gasteiger partial charge in [-0.2, -0.15) is 0 Å². The smallest absolute Gasteiger partial charge is 0.139 e. The normalized spacial score (nSPS) is 10.3. The van der Waals surface area contributed by atoms with Crippen molar-refractivity contribution < 1.29 is 4.39 Å². The van der Waals surface area contributed by atoms with Crippen LogP contribution in [0.3, 0.4) is 0 Å². The average molecular weight is 295 g/mol.